The summed E-state index contributed by atoms with van der Waals surface area (Å²) >= 11 is 0. The molecule has 0 aliphatic heterocycles. The van der Waals surface area contributed by atoms with E-state index in [9.17, 15) is 4.79 Å². The lowest BCUT2D eigenvalue weighted by molar-refractivity contribution is 0.0924. The highest BCUT2D eigenvalue weighted by atomic mass is 16.1. The van der Waals surface area contributed by atoms with Gasteiger partial charge in [0.15, 0.2) is 5.78 Å². The standard InChI is InChI=1S/C16H17NO/c1-13(7-8-14-9-11-17-12-10-14)16(18)15-5-3-2-4-6-15/h2-6,9-13H,7-8H2,1H3. The second-order valence-electron chi connectivity index (χ2n) is 4.53. The van der Waals surface area contributed by atoms with Gasteiger partial charge < -0.3 is 0 Å². The average molecular weight is 239 g/mol. The lowest BCUT2D eigenvalue weighted by atomic mass is 9.93. The van der Waals surface area contributed by atoms with E-state index in [2.05, 4.69) is 4.98 Å². The van der Waals surface area contributed by atoms with E-state index in [-0.39, 0.29) is 11.7 Å². The molecule has 0 spiro atoms. The first-order chi connectivity index (χ1) is 8.77. The number of Topliss-reactive ketones (excluding diaryl/α,β-unsaturated/α-hetero) is 1. The van der Waals surface area contributed by atoms with Gasteiger partial charge in [-0.25, -0.2) is 0 Å². The van der Waals surface area contributed by atoms with Gasteiger partial charge >= 0.3 is 0 Å². The summed E-state index contributed by atoms with van der Waals surface area (Å²) in [6.07, 6.45) is 5.37. The van der Waals surface area contributed by atoms with Crippen LogP contribution in [0.15, 0.2) is 54.9 Å². The minimum Gasteiger partial charge on any atom is -0.294 e. The van der Waals surface area contributed by atoms with Gasteiger partial charge in [-0.2, -0.15) is 0 Å². The molecular formula is C16H17NO. The third-order valence-electron chi connectivity index (χ3n) is 3.12. The maximum Gasteiger partial charge on any atom is 0.165 e. The van der Waals surface area contributed by atoms with Gasteiger partial charge in [-0.05, 0) is 30.5 Å². The maximum absolute atomic E-state index is 12.2. The van der Waals surface area contributed by atoms with E-state index in [0.29, 0.717) is 0 Å². The van der Waals surface area contributed by atoms with Crippen LogP contribution >= 0.6 is 0 Å². The van der Waals surface area contributed by atoms with Crippen LogP contribution in [-0.4, -0.2) is 10.8 Å². The fourth-order valence-electron chi connectivity index (χ4n) is 1.95. The van der Waals surface area contributed by atoms with Crippen molar-refractivity contribution in [3.8, 4) is 0 Å². The number of rotatable bonds is 5. The summed E-state index contributed by atoms with van der Waals surface area (Å²) < 4.78 is 0. The molecule has 0 fully saturated rings. The lowest BCUT2D eigenvalue weighted by Crippen LogP contribution is -2.12. The van der Waals surface area contributed by atoms with Crippen molar-refractivity contribution in [1.82, 2.24) is 4.98 Å². The quantitative estimate of drug-likeness (QED) is 0.747. The third-order valence-corrected chi connectivity index (χ3v) is 3.12. The van der Waals surface area contributed by atoms with Gasteiger partial charge in [0.05, 0.1) is 0 Å². The van der Waals surface area contributed by atoms with Crippen LogP contribution < -0.4 is 0 Å². The Morgan fingerprint density at radius 1 is 1.11 bits per heavy atom. The second-order valence-corrected chi connectivity index (χ2v) is 4.53. The van der Waals surface area contributed by atoms with Gasteiger partial charge in [-0.1, -0.05) is 37.3 Å². The number of aromatic nitrogens is 1. The zero-order valence-corrected chi connectivity index (χ0v) is 10.5. The number of nitrogens with zero attached hydrogens (tertiary/aromatic N) is 1. The van der Waals surface area contributed by atoms with Crippen LogP contribution in [-0.2, 0) is 6.42 Å². The van der Waals surface area contributed by atoms with Crippen molar-refractivity contribution in [1.29, 1.82) is 0 Å². The molecule has 1 aromatic carbocycles. The van der Waals surface area contributed by atoms with Crippen LogP contribution in [0.2, 0.25) is 0 Å². The Morgan fingerprint density at radius 2 is 1.78 bits per heavy atom. The summed E-state index contributed by atoms with van der Waals surface area (Å²) in [4.78, 5) is 16.1. The molecule has 2 aromatic rings. The van der Waals surface area contributed by atoms with Crippen LogP contribution in [0.3, 0.4) is 0 Å². The van der Waals surface area contributed by atoms with Crippen molar-refractivity contribution in [2.75, 3.05) is 0 Å². The van der Waals surface area contributed by atoms with Crippen molar-refractivity contribution in [3.05, 3.63) is 66.0 Å². The van der Waals surface area contributed by atoms with Gasteiger partial charge in [0, 0.05) is 23.9 Å². The molecule has 0 saturated carbocycles. The number of hydrogen-bond acceptors (Lipinski definition) is 2. The summed E-state index contributed by atoms with van der Waals surface area (Å²) in [6.45, 7) is 2.00. The highest BCUT2D eigenvalue weighted by Crippen LogP contribution is 2.14. The van der Waals surface area contributed by atoms with E-state index < -0.39 is 0 Å². The Bertz CT molecular complexity index is 493. The van der Waals surface area contributed by atoms with E-state index in [1.165, 1.54) is 5.56 Å². The van der Waals surface area contributed by atoms with Gasteiger partial charge in [0.1, 0.15) is 0 Å². The topological polar surface area (TPSA) is 30.0 Å². The average Bonchev–Trinajstić information content (AvgIpc) is 2.46. The van der Waals surface area contributed by atoms with Crippen molar-refractivity contribution >= 4 is 5.78 Å². The smallest absolute Gasteiger partial charge is 0.165 e. The summed E-state index contributed by atoms with van der Waals surface area (Å²) in [5, 5.41) is 0. The molecule has 1 aromatic heterocycles. The van der Waals surface area contributed by atoms with E-state index in [4.69, 9.17) is 0 Å². The van der Waals surface area contributed by atoms with E-state index in [1.54, 1.807) is 12.4 Å². The normalized spacial score (nSPS) is 12.1. The van der Waals surface area contributed by atoms with Crippen LogP contribution in [0.5, 0.6) is 0 Å². The van der Waals surface area contributed by atoms with Crippen LogP contribution in [0.1, 0.15) is 29.3 Å². The summed E-state index contributed by atoms with van der Waals surface area (Å²) in [5.41, 5.74) is 2.04. The van der Waals surface area contributed by atoms with Gasteiger partial charge in [-0.3, -0.25) is 9.78 Å². The predicted octanol–water partition coefficient (Wildman–Crippen LogP) is 3.53. The highest BCUT2D eigenvalue weighted by Gasteiger charge is 2.14. The minimum absolute atomic E-state index is 0.0561. The largest absolute Gasteiger partial charge is 0.294 e. The SMILES string of the molecule is CC(CCc1ccncc1)C(=O)c1ccccc1. The van der Waals surface area contributed by atoms with Crippen LogP contribution in [0.25, 0.3) is 0 Å². The number of carbonyl (C=O) groups excluding carboxylic acids is 1. The molecule has 18 heavy (non-hydrogen) atoms. The Balaban J connectivity index is 1.93. The van der Waals surface area contributed by atoms with E-state index in [0.717, 1.165) is 18.4 Å². The molecule has 1 atom stereocenters. The van der Waals surface area contributed by atoms with E-state index in [1.807, 2.05) is 49.4 Å². The van der Waals surface area contributed by atoms with Crippen LogP contribution in [0.4, 0.5) is 0 Å². The fraction of sp³-hybridized carbons (Fsp3) is 0.250. The number of aryl methyl sites for hydroxylation is 1. The number of benzene rings is 1. The van der Waals surface area contributed by atoms with Crippen molar-refractivity contribution in [2.45, 2.75) is 19.8 Å². The zero-order chi connectivity index (χ0) is 12.8. The molecule has 1 heterocycles. The van der Waals surface area contributed by atoms with Crippen molar-refractivity contribution in [2.24, 2.45) is 5.92 Å². The molecule has 2 rings (SSSR count). The molecular weight excluding hydrogens is 222 g/mol. The minimum atomic E-state index is 0.0561. The van der Waals surface area contributed by atoms with Crippen molar-refractivity contribution in [3.63, 3.8) is 0 Å². The fourth-order valence-corrected chi connectivity index (χ4v) is 1.95. The zero-order valence-electron chi connectivity index (χ0n) is 10.5. The molecule has 0 N–H and O–H groups in total. The maximum atomic E-state index is 12.2. The molecule has 2 nitrogen and oxygen atoms in total. The second kappa shape index (κ2) is 6.10. The molecule has 0 aliphatic carbocycles. The van der Waals surface area contributed by atoms with Gasteiger partial charge in [0.2, 0.25) is 0 Å². The molecule has 1 unspecified atom stereocenters. The molecule has 0 saturated heterocycles. The number of ketones is 1. The number of carbonyl (C=O) groups is 1. The summed E-state index contributed by atoms with van der Waals surface area (Å²) in [6, 6.07) is 13.5. The van der Waals surface area contributed by atoms with E-state index >= 15 is 0 Å². The first kappa shape index (κ1) is 12.5. The van der Waals surface area contributed by atoms with Crippen molar-refractivity contribution < 1.29 is 4.79 Å². The Hall–Kier alpha value is -1.96. The highest BCUT2D eigenvalue weighted by molar-refractivity contribution is 5.97. The monoisotopic (exact) mass is 239 g/mol. The first-order valence-corrected chi connectivity index (χ1v) is 6.25. The third kappa shape index (κ3) is 3.27. The summed E-state index contributed by atoms with van der Waals surface area (Å²) in [5.74, 6) is 0.283. The Labute approximate surface area is 108 Å². The van der Waals surface area contributed by atoms with Gasteiger partial charge in [-0.15, -0.1) is 0 Å². The molecule has 2 heteroatoms. The first-order valence-electron chi connectivity index (χ1n) is 6.25. The molecule has 0 amide bonds. The number of hydrogen-bond donors (Lipinski definition) is 0. The molecule has 0 radical (unpaired) electrons. The van der Waals surface area contributed by atoms with Crippen LogP contribution in [0, 0.1) is 5.92 Å². The lowest BCUT2D eigenvalue weighted by Gasteiger charge is -2.10. The predicted molar refractivity (Wildman–Crippen MR) is 72.5 cm³/mol. The number of pyridine rings is 1. The summed E-state index contributed by atoms with van der Waals surface area (Å²) in [7, 11) is 0. The molecule has 0 bridgehead atoms. The molecule has 0 aliphatic rings. The Kier molecular flexibility index (Phi) is 4.24. The Morgan fingerprint density at radius 3 is 2.44 bits per heavy atom. The van der Waals surface area contributed by atoms with Gasteiger partial charge in [0.25, 0.3) is 0 Å². The molecule has 92 valence electrons.